The molecule has 0 aliphatic rings. The van der Waals surface area contributed by atoms with E-state index in [4.69, 9.17) is 4.42 Å². The third kappa shape index (κ3) is 2.83. The molecule has 0 unspecified atom stereocenters. The number of furan rings is 1. The molecule has 0 N–H and O–H groups in total. The van der Waals surface area contributed by atoms with Crippen LogP contribution in [0.25, 0.3) is 55.1 Å². The predicted molar refractivity (Wildman–Crippen MR) is 128 cm³/mol. The van der Waals surface area contributed by atoms with Gasteiger partial charge in [-0.15, -0.1) is 0 Å². The first-order valence-electron chi connectivity index (χ1n) is 10.6. The first-order chi connectivity index (χ1) is 15.2. The number of aromatic nitrogens is 1. The summed E-state index contributed by atoms with van der Waals surface area (Å²) in [6.07, 6.45) is 2.13. The lowest BCUT2D eigenvalue weighted by Crippen LogP contribution is -2.30. The average molecular weight is 401 g/mol. The summed E-state index contributed by atoms with van der Waals surface area (Å²) < 4.78 is 8.58. The van der Waals surface area contributed by atoms with Crippen molar-refractivity contribution in [3.8, 4) is 22.4 Å². The van der Waals surface area contributed by atoms with E-state index in [9.17, 15) is 0 Å². The second-order valence-corrected chi connectivity index (χ2v) is 8.19. The van der Waals surface area contributed by atoms with Gasteiger partial charge in [-0.25, -0.2) is 4.57 Å². The molecule has 2 nitrogen and oxygen atoms in total. The van der Waals surface area contributed by atoms with E-state index in [0.717, 1.165) is 11.2 Å². The maximum Gasteiger partial charge on any atom is 0.213 e. The molecular weight excluding hydrogens is 378 g/mol. The molecule has 31 heavy (non-hydrogen) atoms. The normalized spacial score (nSPS) is 11.5. The van der Waals surface area contributed by atoms with Gasteiger partial charge in [-0.3, -0.25) is 0 Å². The molecule has 0 aliphatic carbocycles. The summed E-state index contributed by atoms with van der Waals surface area (Å²) in [5.74, 6) is 0. The lowest BCUT2D eigenvalue weighted by molar-refractivity contribution is -0.660. The number of pyridine rings is 1. The van der Waals surface area contributed by atoms with Gasteiger partial charge in [0.1, 0.15) is 18.2 Å². The van der Waals surface area contributed by atoms with E-state index in [1.54, 1.807) is 0 Å². The zero-order valence-corrected chi connectivity index (χ0v) is 17.6. The largest absolute Gasteiger partial charge is 0.456 e. The molecule has 0 spiro atoms. The summed E-state index contributed by atoms with van der Waals surface area (Å²) >= 11 is 0. The third-order valence-corrected chi connectivity index (χ3v) is 6.29. The van der Waals surface area contributed by atoms with Gasteiger partial charge in [0.15, 0.2) is 6.20 Å². The number of benzene rings is 4. The predicted octanol–water partition coefficient (Wildman–Crippen LogP) is 7.21. The van der Waals surface area contributed by atoms with Gasteiger partial charge in [0.2, 0.25) is 5.69 Å². The van der Waals surface area contributed by atoms with Crippen molar-refractivity contribution in [2.45, 2.75) is 6.92 Å². The minimum absolute atomic E-state index is 0.941. The Bertz CT molecular complexity index is 1590. The number of hydrogen-bond donors (Lipinski definition) is 0. The molecule has 6 aromatic rings. The van der Waals surface area contributed by atoms with Gasteiger partial charge in [0.05, 0.1) is 5.56 Å². The van der Waals surface area contributed by atoms with Gasteiger partial charge in [-0.1, -0.05) is 54.6 Å². The SMILES string of the molecule is Cc1c(-c2cc(-c3ccccc3)cc[n+]2C)ccc2c1oc1cc3ccccc3cc12. The van der Waals surface area contributed by atoms with Crippen LogP contribution in [-0.2, 0) is 7.05 Å². The topological polar surface area (TPSA) is 17.0 Å². The third-order valence-electron chi connectivity index (χ3n) is 6.29. The van der Waals surface area contributed by atoms with Crippen LogP contribution in [0.5, 0.6) is 0 Å². The Kier molecular flexibility index (Phi) is 3.94. The van der Waals surface area contributed by atoms with Gasteiger partial charge in [0.25, 0.3) is 0 Å². The summed E-state index contributed by atoms with van der Waals surface area (Å²) in [7, 11) is 2.10. The fourth-order valence-corrected chi connectivity index (χ4v) is 4.58. The van der Waals surface area contributed by atoms with Gasteiger partial charge in [-0.05, 0) is 53.1 Å². The van der Waals surface area contributed by atoms with Gasteiger partial charge >= 0.3 is 0 Å². The molecular formula is C29H22NO+. The number of nitrogens with zero attached hydrogens (tertiary/aromatic N) is 1. The summed E-state index contributed by atoms with van der Waals surface area (Å²) in [5, 5.41) is 4.78. The highest BCUT2D eigenvalue weighted by molar-refractivity contribution is 6.11. The van der Waals surface area contributed by atoms with Crippen LogP contribution in [-0.4, -0.2) is 0 Å². The van der Waals surface area contributed by atoms with Gasteiger partial charge < -0.3 is 4.42 Å². The Morgan fingerprint density at radius 1 is 0.677 bits per heavy atom. The molecule has 0 amide bonds. The summed E-state index contributed by atoms with van der Waals surface area (Å²) in [6, 6.07) is 32.2. The van der Waals surface area contributed by atoms with Crippen LogP contribution in [0, 0.1) is 6.92 Å². The minimum Gasteiger partial charge on any atom is -0.456 e. The smallest absolute Gasteiger partial charge is 0.213 e. The summed E-state index contributed by atoms with van der Waals surface area (Å²) in [4.78, 5) is 0. The first-order valence-corrected chi connectivity index (χ1v) is 10.6. The van der Waals surface area contributed by atoms with Crippen molar-refractivity contribution in [2.24, 2.45) is 7.05 Å². The van der Waals surface area contributed by atoms with Crippen molar-refractivity contribution >= 4 is 32.7 Å². The Morgan fingerprint density at radius 3 is 2.23 bits per heavy atom. The van der Waals surface area contributed by atoms with Crippen LogP contribution in [0.4, 0.5) is 0 Å². The molecule has 0 bridgehead atoms. The first kappa shape index (κ1) is 17.9. The zero-order valence-electron chi connectivity index (χ0n) is 17.6. The number of fused-ring (bicyclic) bond motifs is 4. The highest BCUT2D eigenvalue weighted by Gasteiger charge is 2.19. The van der Waals surface area contributed by atoms with E-state index in [0.29, 0.717) is 0 Å². The molecule has 0 aliphatic heterocycles. The molecule has 6 rings (SSSR count). The van der Waals surface area contributed by atoms with E-state index in [1.165, 1.54) is 49.5 Å². The van der Waals surface area contributed by atoms with Gasteiger partial charge in [0, 0.05) is 28.5 Å². The molecule has 148 valence electrons. The highest BCUT2D eigenvalue weighted by atomic mass is 16.3. The van der Waals surface area contributed by atoms with Crippen LogP contribution in [0.2, 0.25) is 0 Å². The summed E-state index contributed by atoms with van der Waals surface area (Å²) in [5.41, 5.74) is 7.87. The van der Waals surface area contributed by atoms with Crippen molar-refractivity contribution in [3.63, 3.8) is 0 Å². The van der Waals surface area contributed by atoms with Crippen molar-refractivity contribution in [1.29, 1.82) is 0 Å². The van der Waals surface area contributed by atoms with Crippen LogP contribution in [0.1, 0.15) is 5.56 Å². The lowest BCUT2D eigenvalue weighted by atomic mass is 9.98. The fraction of sp³-hybridized carbons (Fsp3) is 0.0690. The monoisotopic (exact) mass is 400 g/mol. The fourth-order valence-electron chi connectivity index (χ4n) is 4.58. The van der Waals surface area contributed by atoms with E-state index in [-0.39, 0.29) is 0 Å². The molecule has 0 saturated carbocycles. The van der Waals surface area contributed by atoms with Crippen LogP contribution >= 0.6 is 0 Å². The lowest BCUT2D eigenvalue weighted by Gasteiger charge is -2.07. The standard InChI is InChI=1S/C29H22NO/c1-19-24(27-17-23(14-15-30(27)2)20-8-4-3-5-9-20)12-13-25-26-16-21-10-6-7-11-22(21)18-28(26)31-29(19)25/h3-18H,1-2H3/q+1. The van der Waals surface area contributed by atoms with Gasteiger partial charge in [-0.2, -0.15) is 0 Å². The number of hydrogen-bond acceptors (Lipinski definition) is 1. The van der Waals surface area contributed by atoms with Crippen LogP contribution in [0.3, 0.4) is 0 Å². The second-order valence-electron chi connectivity index (χ2n) is 8.19. The molecule has 0 atom stereocenters. The van der Waals surface area contributed by atoms with Crippen molar-refractivity contribution in [1.82, 2.24) is 0 Å². The second kappa shape index (κ2) is 6.82. The quantitative estimate of drug-likeness (QED) is 0.281. The zero-order chi connectivity index (χ0) is 20.9. The Labute approximate surface area is 181 Å². The molecule has 2 aromatic heterocycles. The molecule has 0 radical (unpaired) electrons. The van der Waals surface area contributed by atoms with E-state index in [2.05, 4.69) is 116 Å². The minimum atomic E-state index is 0.941. The van der Waals surface area contributed by atoms with E-state index in [1.807, 2.05) is 0 Å². The van der Waals surface area contributed by atoms with Crippen molar-refractivity contribution < 1.29 is 8.98 Å². The Hall–Kier alpha value is -3.91. The molecule has 4 aromatic carbocycles. The van der Waals surface area contributed by atoms with Crippen LogP contribution < -0.4 is 4.57 Å². The van der Waals surface area contributed by atoms with Crippen LogP contribution in [0.15, 0.2) is 102 Å². The molecule has 2 heteroatoms. The Balaban J connectivity index is 1.58. The number of rotatable bonds is 2. The molecule has 0 saturated heterocycles. The van der Waals surface area contributed by atoms with E-state index < -0.39 is 0 Å². The number of aryl methyl sites for hydroxylation is 2. The van der Waals surface area contributed by atoms with Crippen molar-refractivity contribution in [2.75, 3.05) is 0 Å². The van der Waals surface area contributed by atoms with Crippen molar-refractivity contribution in [3.05, 3.63) is 103 Å². The maximum atomic E-state index is 6.40. The molecule has 0 fully saturated rings. The Morgan fingerprint density at radius 2 is 1.42 bits per heavy atom. The highest BCUT2D eigenvalue weighted by Crippen LogP contribution is 2.37. The summed E-state index contributed by atoms with van der Waals surface area (Å²) in [6.45, 7) is 2.16. The van der Waals surface area contributed by atoms with E-state index >= 15 is 0 Å². The maximum absolute atomic E-state index is 6.40. The molecule has 2 heterocycles. The average Bonchev–Trinajstić information content (AvgIpc) is 3.17.